The highest BCUT2D eigenvalue weighted by atomic mass is 33.1. The van der Waals surface area contributed by atoms with Crippen molar-refractivity contribution in [3.05, 3.63) is 0 Å². The van der Waals surface area contributed by atoms with Crippen LogP contribution < -0.4 is 11.1 Å². The van der Waals surface area contributed by atoms with Gasteiger partial charge in [-0.05, 0) is 0 Å². The van der Waals surface area contributed by atoms with Crippen molar-refractivity contribution in [2.24, 2.45) is 5.73 Å². The lowest BCUT2D eigenvalue weighted by atomic mass is 10.3. The zero-order valence-electron chi connectivity index (χ0n) is 9.75. The molecule has 0 aromatic heterocycles. The van der Waals surface area contributed by atoms with Gasteiger partial charge in [0.15, 0.2) is 0 Å². The summed E-state index contributed by atoms with van der Waals surface area (Å²) in [6, 6.07) is -1.45. The average Bonchev–Trinajstić information content (AvgIpc) is 2.21. The first kappa shape index (κ1) is 16.6. The van der Waals surface area contributed by atoms with Crippen LogP contribution in [0.1, 0.15) is 13.8 Å². The molecular weight excluding hydrogens is 264 g/mol. The van der Waals surface area contributed by atoms with Crippen LogP contribution in [0.2, 0.25) is 0 Å². The Morgan fingerprint density at radius 1 is 1.18 bits per heavy atom. The molecule has 0 aromatic carbocycles. The van der Waals surface area contributed by atoms with E-state index in [9.17, 15) is 9.59 Å². The van der Waals surface area contributed by atoms with Crippen molar-refractivity contribution < 1.29 is 19.8 Å². The lowest BCUT2D eigenvalue weighted by molar-refractivity contribution is -0.139. The monoisotopic (exact) mass is 282 g/mol. The Hall–Kier alpha value is -0.440. The van der Waals surface area contributed by atoms with Gasteiger partial charge in [0.1, 0.15) is 12.1 Å². The molecule has 0 aliphatic carbocycles. The molecule has 0 heterocycles. The van der Waals surface area contributed by atoms with Crippen LogP contribution in [0.25, 0.3) is 0 Å². The topological polar surface area (TPSA) is 113 Å². The quantitative estimate of drug-likeness (QED) is 0.351. The highest BCUT2D eigenvalue weighted by molar-refractivity contribution is 8.76. The van der Waals surface area contributed by atoms with Gasteiger partial charge in [-0.15, -0.1) is 0 Å². The van der Waals surface area contributed by atoms with Crippen LogP contribution >= 0.6 is 21.6 Å². The number of rotatable bonds is 9. The molecule has 0 aromatic rings. The minimum absolute atomic E-state index is 0.0861. The molecular formula is C9H18N2O4S2. The van der Waals surface area contributed by atoms with Crippen LogP contribution in [0.4, 0.5) is 0 Å². The van der Waals surface area contributed by atoms with E-state index in [1.165, 1.54) is 21.6 Å². The third-order valence-electron chi connectivity index (χ3n) is 1.72. The van der Waals surface area contributed by atoms with E-state index in [1.807, 2.05) is 13.8 Å². The van der Waals surface area contributed by atoms with Gasteiger partial charge < -0.3 is 21.3 Å². The van der Waals surface area contributed by atoms with Crippen LogP contribution in [0, 0.1) is 0 Å². The Labute approximate surface area is 108 Å². The summed E-state index contributed by atoms with van der Waals surface area (Å²) < 4.78 is 0. The van der Waals surface area contributed by atoms with Crippen LogP contribution in [0.3, 0.4) is 0 Å². The van der Waals surface area contributed by atoms with E-state index in [1.54, 1.807) is 0 Å². The molecule has 0 radical (unpaired) electrons. The number of hydrogen-bond donors (Lipinski definition) is 4. The van der Waals surface area contributed by atoms with Crippen LogP contribution in [0.15, 0.2) is 0 Å². The van der Waals surface area contributed by atoms with Crippen molar-refractivity contribution in [1.29, 1.82) is 0 Å². The number of hydrogen-bond acceptors (Lipinski definition) is 6. The molecule has 0 bridgehead atoms. The minimum atomic E-state index is -1.05. The molecule has 0 aliphatic heterocycles. The molecule has 0 fully saturated rings. The van der Waals surface area contributed by atoms with E-state index in [2.05, 4.69) is 5.32 Å². The van der Waals surface area contributed by atoms with E-state index < -0.39 is 24.0 Å². The predicted molar refractivity (Wildman–Crippen MR) is 70.2 cm³/mol. The van der Waals surface area contributed by atoms with Crippen LogP contribution in [-0.2, 0) is 9.59 Å². The van der Waals surface area contributed by atoms with Gasteiger partial charge in [-0.3, -0.25) is 9.59 Å². The molecule has 100 valence electrons. The van der Waals surface area contributed by atoms with Crippen LogP contribution in [0.5, 0.6) is 0 Å². The van der Waals surface area contributed by atoms with Crippen molar-refractivity contribution in [1.82, 2.24) is 5.32 Å². The van der Waals surface area contributed by atoms with E-state index in [-0.39, 0.29) is 11.8 Å². The maximum absolute atomic E-state index is 10.9. The van der Waals surface area contributed by atoms with Gasteiger partial charge in [0, 0.05) is 17.5 Å². The zero-order valence-corrected chi connectivity index (χ0v) is 11.4. The molecule has 8 heteroatoms. The second kappa shape index (κ2) is 8.62. The summed E-state index contributed by atoms with van der Waals surface area (Å²) in [6.45, 7) is 3.74. The van der Waals surface area contributed by atoms with E-state index in [4.69, 9.17) is 15.9 Å². The third-order valence-corrected chi connectivity index (χ3v) is 4.16. The fourth-order valence-electron chi connectivity index (χ4n) is 0.902. The summed E-state index contributed by atoms with van der Waals surface area (Å²) in [4.78, 5) is 21.3. The number of nitrogens with two attached hydrogens (primary N) is 1. The maximum Gasteiger partial charge on any atom is 0.321 e. The van der Waals surface area contributed by atoms with Gasteiger partial charge in [-0.25, -0.2) is 0 Å². The average molecular weight is 282 g/mol. The Balaban J connectivity index is 3.83. The van der Waals surface area contributed by atoms with Gasteiger partial charge in [0.2, 0.25) is 0 Å². The summed E-state index contributed by atoms with van der Waals surface area (Å²) in [5, 5.41) is 20.4. The second-order valence-corrected chi connectivity index (χ2v) is 6.28. The van der Waals surface area contributed by atoms with Gasteiger partial charge in [0.05, 0.1) is 0 Å². The lowest BCUT2D eigenvalue weighted by Gasteiger charge is -2.16. The highest BCUT2D eigenvalue weighted by Crippen LogP contribution is 2.22. The normalized spacial score (nSPS) is 14.6. The van der Waals surface area contributed by atoms with Gasteiger partial charge >= 0.3 is 11.9 Å². The Morgan fingerprint density at radius 3 is 2.12 bits per heavy atom. The molecule has 5 N–H and O–H groups in total. The Morgan fingerprint density at radius 2 is 1.71 bits per heavy atom. The summed E-state index contributed by atoms with van der Waals surface area (Å²) in [7, 11) is 2.58. The third kappa shape index (κ3) is 8.31. The van der Waals surface area contributed by atoms with Crippen molar-refractivity contribution in [2.45, 2.75) is 32.0 Å². The van der Waals surface area contributed by atoms with Gasteiger partial charge in [0.25, 0.3) is 0 Å². The maximum atomic E-state index is 10.9. The van der Waals surface area contributed by atoms with Gasteiger partial charge in [-0.2, -0.15) is 0 Å². The molecule has 6 nitrogen and oxygen atoms in total. The molecule has 0 spiro atoms. The molecule has 0 saturated heterocycles. The SMILES string of the molecule is CC(C)N[C@@H](CSSC[C@H](N)C(=O)O)C(=O)O. The fourth-order valence-corrected chi connectivity index (χ4v) is 3.18. The smallest absolute Gasteiger partial charge is 0.321 e. The number of carboxylic acid groups (broad SMARTS) is 2. The molecule has 17 heavy (non-hydrogen) atoms. The summed E-state index contributed by atoms with van der Waals surface area (Å²) in [5.41, 5.74) is 5.31. The summed E-state index contributed by atoms with van der Waals surface area (Å²) in [5.74, 6) is -1.33. The lowest BCUT2D eigenvalue weighted by Crippen LogP contribution is -2.42. The molecule has 0 aliphatic rings. The van der Waals surface area contributed by atoms with Gasteiger partial charge in [-0.1, -0.05) is 35.4 Å². The molecule has 2 atom stereocenters. The Bertz CT molecular complexity index is 263. The van der Waals surface area contributed by atoms with E-state index >= 15 is 0 Å². The number of carboxylic acids is 2. The van der Waals surface area contributed by atoms with Crippen molar-refractivity contribution in [2.75, 3.05) is 11.5 Å². The minimum Gasteiger partial charge on any atom is -0.480 e. The van der Waals surface area contributed by atoms with Crippen molar-refractivity contribution in [3.8, 4) is 0 Å². The fraction of sp³-hybridized carbons (Fsp3) is 0.778. The molecule has 0 unspecified atom stereocenters. The first-order chi connectivity index (χ1) is 7.84. The molecule has 0 amide bonds. The Kier molecular flexibility index (Phi) is 8.40. The predicted octanol–water partition coefficient (Wildman–Crippen LogP) is 0.231. The molecule has 0 rings (SSSR count). The van der Waals surface area contributed by atoms with Crippen molar-refractivity contribution in [3.63, 3.8) is 0 Å². The highest BCUT2D eigenvalue weighted by Gasteiger charge is 2.18. The standard InChI is InChI=1S/C9H18N2O4S2/c1-5(2)11-7(9(14)15)4-17-16-3-6(10)8(12)13/h5-7,11H,3-4,10H2,1-2H3,(H,12,13)(H,14,15)/t6-,7-/m0/s1. The summed E-state index contributed by atoms with van der Waals surface area (Å²) >= 11 is 0. The van der Waals surface area contributed by atoms with E-state index in [0.29, 0.717) is 5.75 Å². The van der Waals surface area contributed by atoms with Crippen LogP contribution in [-0.4, -0.2) is 51.8 Å². The zero-order chi connectivity index (χ0) is 13.4. The number of aliphatic carboxylic acids is 2. The molecule has 0 saturated carbocycles. The summed E-state index contributed by atoms with van der Waals surface area (Å²) in [6.07, 6.45) is 0. The second-order valence-electron chi connectivity index (χ2n) is 3.73. The number of nitrogens with one attached hydrogen (secondary N) is 1. The first-order valence-corrected chi connectivity index (χ1v) is 7.55. The van der Waals surface area contributed by atoms with E-state index in [0.717, 1.165) is 0 Å². The van der Waals surface area contributed by atoms with Crippen molar-refractivity contribution >= 4 is 33.5 Å². The largest absolute Gasteiger partial charge is 0.480 e. The first-order valence-electron chi connectivity index (χ1n) is 5.06. The number of carbonyl (C=O) groups is 2.